The van der Waals surface area contributed by atoms with Gasteiger partial charge in [-0.3, -0.25) is 4.79 Å². The van der Waals surface area contributed by atoms with Gasteiger partial charge >= 0.3 is 0 Å². The van der Waals surface area contributed by atoms with Crippen LogP contribution in [0.15, 0.2) is 29.6 Å². The van der Waals surface area contributed by atoms with Gasteiger partial charge in [0.2, 0.25) is 5.91 Å². The van der Waals surface area contributed by atoms with Gasteiger partial charge in [0, 0.05) is 28.1 Å². The average molecular weight is 352 g/mol. The fourth-order valence-electron chi connectivity index (χ4n) is 1.92. The number of anilines is 2. The van der Waals surface area contributed by atoms with E-state index in [9.17, 15) is 4.79 Å². The predicted octanol–water partition coefficient (Wildman–Crippen LogP) is 4.79. The van der Waals surface area contributed by atoms with E-state index in [4.69, 9.17) is 0 Å². The van der Waals surface area contributed by atoms with Gasteiger partial charge in [-0.25, -0.2) is 4.98 Å². The van der Waals surface area contributed by atoms with Gasteiger partial charge in [0.15, 0.2) is 5.13 Å². The van der Waals surface area contributed by atoms with Crippen molar-refractivity contribution in [2.45, 2.75) is 39.7 Å². The van der Waals surface area contributed by atoms with E-state index in [0.717, 1.165) is 22.1 Å². The van der Waals surface area contributed by atoms with Crippen molar-refractivity contribution in [3.05, 3.63) is 29.6 Å². The molecule has 0 atom stereocenters. The molecule has 4 nitrogen and oxygen atoms in total. The van der Waals surface area contributed by atoms with Crippen molar-refractivity contribution >= 4 is 40.5 Å². The zero-order chi connectivity index (χ0) is 15.7. The minimum absolute atomic E-state index is 0. The molecular weight excluding hydrogens is 330 g/mol. The summed E-state index contributed by atoms with van der Waals surface area (Å²) in [5, 5.41) is 9.39. The van der Waals surface area contributed by atoms with E-state index >= 15 is 0 Å². The molecule has 6 heteroatoms. The van der Waals surface area contributed by atoms with E-state index in [2.05, 4.69) is 21.0 Å². The molecule has 1 amide bonds. The Bertz CT molecular complexity index is 672. The van der Waals surface area contributed by atoms with E-state index in [0.29, 0.717) is 6.04 Å². The van der Waals surface area contributed by atoms with E-state index in [1.54, 1.807) is 11.3 Å². The molecule has 124 valence electrons. The maximum Gasteiger partial charge on any atom is 0.229 e. The van der Waals surface area contributed by atoms with Crippen LogP contribution in [-0.2, 0) is 4.79 Å². The Balaban J connectivity index is 0.00000192. The number of rotatable bonds is 4. The van der Waals surface area contributed by atoms with E-state index in [1.165, 1.54) is 12.8 Å². The SMILES string of the molecule is CC(C)(C)C(=O)Nc1ccc(-c2csc(NC3CC3)n2)cc1.Cl. The predicted molar refractivity (Wildman–Crippen MR) is 99.5 cm³/mol. The standard InChI is InChI=1S/C17H21N3OS.ClH/c1-17(2,3)15(21)18-12-6-4-11(5-7-12)14-10-22-16(20-14)19-13-8-9-13;/h4-7,10,13H,8-9H2,1-3H3,(H,18,21)(H,19,20);1H. The summed E-state index contributed by atoms with van der Waals surface area (Å²) in [6.07, 6.45) is 2.49. The molecule has 0 radical (unpaired) electrons. The first-order chi connectivity index (χ1) is 10.4. The van der Waals surface area contributed by atoms with Crippen LogP contribution in [0.1, 0.15) is 33.6 Å². The van der Waals surface area contributed by atoms with Crippen LogP contribution < -0.4 is 10.6 Å². The van der Waals surface area contributed by atoms with Gasteiger partial charge in [-0.1, -0.05) is 32.9 Å². The van der Waals surface area contributed by atoms with E-state index in [-0.39, 0.29) is 18.3 Å². The Morgan fingerprint density at radius 1 is 1.22 bits per heavy atom. The average Bonchev–Trinajstić information content (AvgIpc) is 3.14. The Hall–Kier alpha value is -1.59. The Kier molecular flexibility index (Phi) is 5.32. The lowest BCUT2D eigenvalue weighted by Gasteiger charge is -2.17. The first-order valence-corrected chi connectivity index (χ1v) is 8.44. The molecular formula is C17H22ClN3OS. The number of nitrogens with zero attached hydrogens (tertiary/aromatic N) is 1. The second kappa shape index (κ2) is 6.89. The van der Waals surface area contributed by atoms with Crippen LogP contribution in [0.4, 0.5) is 10.8 Å². The highest BCUT2D eigenvalue weighted by molar-refractivity contribution is 7.14. The van der Waals surface area contributed by atoms with Gasteiger partial charge in [0.1, 0.15) is 0 Å². The third-order valence-corrected chi connectivity index (χ3v) is 4.30. The molecule has 0 spiro atoms. The second-order valence-electron chi connectivity index (χ2n) is 6.74. The van der Waals surface area contributed by atoms with Gasteiger partial charge < -0.3 is 10.6 Å². The van der Waals surface area contributed by atoms with Gasteiger partial charge in [-0.2, -0.15) is 0 Å². The summed E-state index contributed by atoms with van der Waals surface area (Å²) in [5.41, 5.74) is 2.46. The van der Waals surface area contributed by atoms with Crippen molar-refractivity contribution in [2.24, 2.45) is 5.41 Å². The summed E-state index contributed by atoms with van der Waals surface area (Å²) in [6.45, 7) is 5.71. The molecule has 23 heavy (non-hydrogen) atoms. The fraction of sp³-hybridized carbons (Fsp3) is 0.412. The summed E-state index contributed by atoms with van der Waals surface area (Å²) < 4.78 is 0. The van der Waals surface area contributed by atoms with Crippen molar-refractivity contribution in [1.29, 1.82) is 0 Å². The van der Waals surface area contributed by atoms with E-state index in [1.807, 2.05) is 45.0 Å². The topological polar surface area (TPSA) is 54.0 Å². The molecule has 1 heterocycles. The van der Waals surface area contributed by atoms with Crippen LogP contribution in [0, 0.1) is 5.41 Å². The van der Waals surface area contributed by atoms with Gasteiger partial charge in [-0.15, -0.1) is 23.7 Å². The number of benzene rings is 1. The van der Waals surface area contributed by atoms with Crippen LogP contribution in [0.2, 0.25) is 0 Å². The Labute approximate surface area is 147 Å². The zero-order valence-electron chi connectivity index (χ0n) is 13.6. The van der Waals surface area contributed by atoms with Gasteiger partial charge in [0.25, 0.3) is 0 Å². The normalized spacial score (nSPS) is 14.0. The largest absolute Gasteiger partial charge is 0.359 e. The van der Waals surface area contributed by atoms with Crippen molar-refractivity contribution in [3.8, 4) is 11.3 Å². The summed E-state index contributed by atoms with van der Waals surface area (Å²) >= 11 is 1.64. The number of nitrogens with one attached hydrogen (secondary N) is 2. The molecule has 0 unspecified atom stereocenters. The number of aromatic nitrogens is 1. The van der Waals surface area contributed by atoms with Crippen LogP contribution in [0.25, 0.3) is 11.3 Å². The number of thiazole rings is 1. The molecule has 1 aromatic carbocycles. The zero-order valence-corrected chi connectivity index (χ0v) is 15.2. The molecule has 0 bridgehead atoms. The smallest absolute Gasteiger partial charge is 0.229 e. The highest BCUT2D eigenvalue weighted by atomic mass is 35.5. The van der Waals surface area contributed by atoms with E-state index < -0.39 is 5.41 Å². The molecule has 2 N–H and O–H groups in total. The third-order valence-electron chi connectivity index (χ3n) is 3.53. The maximum atomic E-state index is 12.0. The molecule has 0 saturated heterocycles. The van der Waals surface area contributed by atoms with Crippen molar-refractivity contribution in [3.63, 3.8) is 0 Å². The molecule has 1 saturated carbocycles. The summed E-state index contributed by atoms with van der Waals surface area (Å²) in [5.74, 6) is 0.0184. The number of amides is 1. The summed E-state index contributed by atoms with van der Waals surface area (Å²) in [7, 11) is 0. The molecule has 2 aromatic rings. The highest BCUT2D eigenvalue weighted by Gasteiger charge is 2.22. The van der Waals surface area contributed by atoms with Gasteiger partial charge in [0.05, 0.1) is 5.69 Å². The first kappa shape index (κ1) is 17.8. The number of carbonyl (C=O) groups excluding carboxylic acids is 1. The molecule has 1 aliphatic carbocycles. The highest BCUT2D eigenvalue weighted by Crippen LogP contribution is 2.30. The lowest BCUT2D eigenvalue weighted by molar-refractivity contribution is -0.123. The van der Waals surface area contributed by atoms with Crippen LogP contribution in [-0.4, -0.2) is 16.9 Å². The maximum absolute atomic E-state index is 12.0. The molecule has 1 fully saturated rings. The van der Waals surface area contributed by atoms with Crippen molar-refractivity contribution in [2.75, 3.05) is 10.6 Å². The molecule has 1 aliphatic rings. The summed E-state index contributed by atoms with van der Waals surface area (Å²) in [6, 6.07) is 8.45. The number of halogens is 1. The lowest BCUT2D eigenvalue weighted by Crippen LogP contribution is -2.27. The number of hydrogen-bond acceptors (Lipinski definition) is 4. The monoisotopic (exact) mass is 351 g/mol. The third kappa shape index (κ3) is 4.69. The fourth-order valence-corrected chi connectivity index (χ4v) is 2.72. The molecule has 1 aromatic heterocycles. The Morgan fingerprint density at radius 3 is 2.43 bits per heavy atom. The first-order valence-electron chi connectivity index (χ1n) is 7.56. The minimum Gasteiger partial charge on any atom is -0.359 e. The van der Waals surface area contributed by atoms with Crippen LogP contribution in [0.5, 0.6) is 0 Å². The van der Waals surface area contributed by atoms with Gasteiger partial charge in [-0.05, 0) is 25.0 Å². The van der Waals surface area contributed by atoms with Crippen molar-refractivity contribution < 1.29 is 4.79 Å². The second-order valence-corrected chi connectivity index (χ2v) is 7.60. The number of hydrogen-bond donors (Lipinski definition) is 2. The van der Waals surface area contributed by atoms with Crippen molar-refractivity contribution in [1.82, 2.24) is 4.98 Å². The summed E-state index contributed by atoms with van der Waals surface area (Å²) in [4.78, 5) is 16.6. The lowest BCUT2D eigenvalue weighted by atomic mass is 9.95. The number of carbonyl (C=O) groups is 1. The quantitative estimate of drug-likeness (QED) is 0.832. The van der Waals surface area contributed by atoms with Crippen LogP contribution in [0.3, 0.4) is 0 Å². The minimum atomic E-state index is -0.392. The Morgan fingerprint density at radius 2 is 1.87 bits per heavy atom. The molecule has 0 aliphatic heterocycles. The van der Waals surface area contributed by atoms with Crippen LogP contribution >= 0.6 is 23.7 Å². The molecule has 3 rings (SSSR count).